The number of fused-ring (bicyclic) bond motifs is 1. The Labute approximate surface area is 132 Å². The summed E-state index contributed by atoms with van der Waals surface area (Å²) in [5.74, 6) is -1.31. The quantitative estimate of drug-likeness (QED) is 0.510. The van der Waals surface area contributed by atoms with E-state index in [2.05, 4.69) is 0 Å². The normalized spacial score (nSPS) is 24.1. The minimum atomic E-state index is -0.845. The molecule has 0 unspecified atom stereocenters. The van der Waals surface area contributed by atoms with Crippen molar-refractivity contribution in [2.45, 2.75) is 37.8 Å². The predicted molar refractivity (Wildman–Crippen MR) is 80.5 cm³/mol. The Bertz CT molecular complexity index is 650. The standard InChI is InChI=1S/C15H18FN3O4/c16-9-7-10(14(17)12(8-9)19(21)22)15(20)18-5-6-23-13-4-2-1-3-11(13)18/h7-8,11,13H,1-6,17H2/t11-,13+/m1/s1. The summed E-state index contributed by atoms with van der Waals surface area (Å²) in [6, 6.07) is 1.62. The number of nitrogens with two attached hydrogens (primary N) is 1. The maximum Gasteiger partial charge on any atom is 0.295 e. The first-order valence-electron chi connectivity index (χ1n) is 7.65. The number of anilines is 1. The Morgan fingerprint density at radius 1 is 1.39 bits per heavy atom. The average molecular weight is 323 g/mol. The number of nitro groups is 1. The van der Waals surface area contributed by atoms with E-state index in [4.69, 9.17) is 10.5 Å². The molecule has 1 aromatic carbocycles. The van der Waals surface area contributed by atoms with Crippen LogP contribution in [0.2, 0.25) is 0 Å². The number of benzene rings is 1. The maximum absolute atomic E-state index is 13.7. The zero-order valence-corrected chi connectivity index (χ0v) is 12.5. The SMILES string of the molecule is Nc1c(C(=O)N2CCO[C@H]3CCCC[C@H]32)cc(F)cc1[N+](=O)[O-]. The average Bonchev–Trinajstić information content (AvgIpc) is 2.55. The number of halogens is 1. The fourth-order valence-corrected chi connectivity index (χ4v) is 3.43. The number of rotatable bonds is 2. The van der Waals surface area contributed by atoms with E-state index in [0.29, 0.717) is 13.2 Å². The van der Waals surface area contributed by atoms with Crippen molar-refractivity contribution in [3.8, 4) is 0 Å². The molecule has 1 amide bonds. The molecule has 1 saturated carbocycles. The van der Waals surface area contributed by atoms with Crippen molar-refractivity contribution in [2.24, 2.45) is 0 Å². The summed E-state index contributed by atoms with van der Waals surface area (Å²) in [5, 5.41) is 11.0. The van der Waals surface area contributed by atoms with E-state index >= 15 is 0 Å². The monoisotopic (exact) mass is 323 g/mol. The third-order valence-electron chi connectivity index (χ3n) is 4.54. The van der Waals surface area contributed by atoms with Crippen molar-refractivity contribution in [1.82, 2.24) is 4.90 Å². The van der Waals surface area contributed by atoms with E-state index in [0.717, 1.165) is 37.8 Å². The van der Waals surface area contributed by atoms with Crippen LogP contribution in [0.25, 0.3) is 0 Å². The van der Waals surface area contributed by atoms with E-state index < -0.39 is 22.3 Å². The van der Waals surface area contributed by atoms with Crippen molar-refractivity contribution in [3.05, 3.63) is 33.6 Å². The number of hydrogen-bond donors (Lipinski definition) is 1. The van der Waals surface area contributed by atoms with Gasteiger partial charge in [-0.2, -0.15) is 0 Å². The van der Waals surface area contributed by atoms with Crippen molar-refractivity contribution in [3.63, 3.8) is 0 Å². The molecule has 1 aromatic rings. The molecular weight excluding hydrogens is 305 g/mol. The van der Waals surface area contributed by atoms with Crippen LogP contribution in [0.5, 0.6) is 0 Å². The third-order valence-corrected chi connectivity index (χ3v) is 4.54. The first kappa shape index (κ1) is 15.7. The molecule has 0 radical (unpaired) electrons. The molecule has 0 spiro atoms. The van der Waals surface area contributed by atoms with Crippen LogP contribution in [0.15, 0.2) is 12.1 Å². The molecule has 8 heteroatoms. The van der Waals surface area contributed by atoms with E-state index in [-0.39, 0.29) is 23.4 Å². The van der Waals surface area contributed by atoms with Gasteiger partial charge in [0.15, 0.2) is 0 Å². The summed E-state index contributed by atoms with van der Waals surface area (Å²) in [7, 11) is 0. The summed E-state index contributed by atoms with van der Waals surface area (Å²) in [4.78, 5) is 24.6. The lowest BCUT2D eigenvalue weighted by molar-refractivity contribution is -0.384. The summed E-state index contributed by atoms with van der Waals surface area (Å²) in [6.45, 7) is 0.786. The second-order valence-corrected chi connectivity index (χ2v) is 5.90. The molecule has 124 valence electrons. The van der Waals surface area contributed by atoms with E-state index in [1.165, 1.54) is 0 Å². The molecule has 1 aliphatic carbocycles. The highest BCUT2D eigenvalue weighted by atomic mass is 19.1. The predicted octanol–water partition coefficient (Wildman–Crippen LogP) is 2.10. The van der Waals surface area contributed by atoms with Crippen molar-refractivity contribution >= 4 is 17.3 Å². The van der Waals surface area contributed by atoms with Crippen LogP contribution in [-0.2, 0) is 4.74 Å². The second kappa shape index (κ2) is 6.11. The number of nitro benzene ring substituents is 1. The van der Waals surface area contributed by atoms with Crippen LogP contribution in [0, 0.1) is 15.9 Å². The highest BCUT2D eigenvalue weighted by Gasteiger charge is 2.38. The van der Waals surface area contributed by atoms with Gasteiger partial charge in [-0.3, -0.25) is 14.9 Å². The molecule has 23 heavy (non-hydrogen) atoms. The number of nitrogens with zero attached hydrogens (tertiary/aromatic N) is 2. The minimum absolute atomic E-state index is 0.0220. The summed E-state index contributed by atoms with van der Waals surface area (Å²) in [6.07, 6.45) is 3.72. The number of nitrogen functional groups attached to an aromatic ring is 1. The molecule has 2 fully saturated rings. The van der Waals surface area contributed by atoms with Crippen molar-refractivity contribution in [1.29, 1.82) is 0 Å². The number of carbonyl (C=O) groups is 1. The highest BCUT2D eigenvalue weighted by Crippen LogP contribution is 2.32. The van der Waals surface area contributed by atoms with Crippen molar-refractivity contribution < 1.29 is 18.8 Å². The van der Waals surface area contributed by atoms with Gasteiger partial charge in [-0.05, 0) is 18.9 Å². The molecule has 1 aliphatic heterocycles. The molecular formula is C15H18FN3O4. The maximum atomic E-state index is 13.7. The Hall–Kier alpha value is -2.22. The molecule has 1 heterocycles. The van der Waals surface area contributed by atoms with Crippen LogP contribution < -0.4 is 5.73 Å². The number of morpholine rings is 1. The number of carbonyl (C=O) groups excluding carboxylic acids is 1. The van der Waals surface area contributed by atoms with Gasteiger partial charge in [-0.15, -0.1) is 0 Å². The largest absolute Gasteiger partial charge is 0.393 e. The Morgan fingerprint density at radius 3 is 2.87 bits per heavy atom. The lowest BCUT2D eigenvalue weighted by atomic mass is 9.89. The van der Waals surface area contributed by atoms with Gasteiger partial charge in [0.25, 0.3) is 11.6 Å². The number of hydrogen-bond acceptors (Lipinski definition) is 5. The van der Waals surface area contributed by atoms with Gasteiger partial charge < -0.3 is 15.4 Å². The lowest BCUT2D eigenvalue weighted by Crippen LogP contribution is -2.54. The topological polar surface area (TPSA) is 98.7 Å². The first-order chi connectivity index (χ1) is 11.0. The molecule has 1 saturated heterocycles. The van der Waals surface area contributed by atoms with Gasteiger partial charge in [-0.25, -0.2) is 4.39 Å². The fourth-order valence-electron chi connectivity index (χ4n) is 3.43. The Kier molecular flexibility index (Phi) is 4.16. The minimum Gasteiger partial charge on any atom is -0.393 e. The van der Waals surface area contributed by atoms with E-state index in [1.54, 1.807) is 4.90 Å². The highest BCUT2D eigenvalue weighted by molar-refractivity contribution is 6.01. The molecule has 2 atom stereocenters. The molecule has 3 rings (SSSR count). The fraction of sp³-hybridized carbons (Fsp3) is 0.533. The van der Waals surface area contributed by atoms with Crippen LogP contribution in [-0.4, -0.2) is 41.0 Å². The lowest BCUT2D eigenvalue weighted by Gasteiger charge is -2.43. The van der Waals surface area contributed by atoms with Gasteiger partial charge in [-0.1, -0.05) is 12.8 Å². The van der Waals surface area contributed by atoms with Crippen LogP contribution in [0.1, 0.15) is 36.0 Å². The molecule has 7 nitrogen and oxygen atoms in total. The van der Waals surface area contributed by atoms with Gasteiger partial charge in [0, 0.05) is 6.54 Å². The van der Waals surface area contributed by atoms with Crippen LogP contribution in [0.3, 0.4) is 0 Å². The molecule has 2 aliphatic rings. The molecule has 0 bridgehead atoms. The van der Waals surface area contributed by atoms with E-state index in [9.17, 15) is 19.3 Å². The molecule has 0 aromatic heterocycles. The van der Waals surface area contributed by atoms with Gasteiger partial charge >= 0.3 is 0 Å². The van der Waals surface area contributed by atoms with Gasteiger partial charge in [0.1, 0.15) is 11.5 Å². The van der Waals surface area contributed by atoms with Crippen molar-refractivity contribution in [2.75, 3.05) is 18.9 Å². The summed E-state index contributed by atoms with van der Waals surface area (Å²) >= 11 is 0. The van der Waals surface area contributed by atoms with Crippen LogP contribution in [0.4, 0.5) is 15.8 Å². The van der Waals surface area contributed by atoms with Crippen LogP contribution >= 0.6 is 0 Å². The van der Waals surface area contributed by atoms with Gasteiger partial charge in [0.2, 0.25) is 0 Å². The zero-order chi connectivity index (χ0) is 16.6. The third kappa shape index (κ3) is 2.86. The molecule has 2 N–H and O–H groups in total. The Balaban J connectivity index is 1.95. The number of amides is 1. The zero-order valence-electron chi connectivity index (χ0n) is 12.5. The van der Waals surface area contributed by atoms with E-state index in [1.807, 2.05) is 0 Å². The second-order valence-electron chi connectivity index (χ2n) is 5.90. The number of ether oxygens (including phenoxy) is 1. The smallest absolute Gasteiger partial charge is 0.295 e. The Morgan fingerprint density at radius 2 is 2.13 bits per heavy atom. The first-order valence-corrected chi connectivity index (χ1v) is 7.65. The summed E-state index contributed by atoms with van der Waals surface area (Å²) in [5.41, 5.74) is 4.72. The van der Waals surface area contributed by atoms with Gasteiger partial charge in [0.05, 0.1) is 35.3 Å². The summed E-state index contributed by atoms with van der Waals surface area (Å²) < 4.78 is 19.4.